The fraction of sp³-hybridized carbons (Fsp3) is 0.316. The average Bonchev–Trinajstić information content (AvgIpc) is 2.96. The van der Waals surface area contributed by atoms with Crippen LogP contribution in [0.3, 0.4) is 0 Å². The molecule has 0 spiro atoms. The summed E-state index contributed by atoms with van der Waals surface area (Å²) in [5.74, 6) is 0.742. The van der Waals surface area contributed by atoms with Gasteiger partial charge in [-0.1, -0.05) is 26.0 Å². The highest BCUT2D eigenvalue weighted by atomic mass is 16.2. The standard InChI is InChI=1S/C19H22N4O2/c1-3-11-22-12-14(9-10-19(22)25)20-18(24)13-23-16-8-6-5-7-15(16)21-17(23)4-2/h5-10,12H,3-4,11,13H2,1-2H3,(H,20,24). The molecule has 2 heterocycles. The number of rotatable bonds is 6. The second-order valence-corrected chi connectivity index (χ2v) is 5.95. The molecule has 6 heteroatoms. The first-order valence-corrected chi connectivity index (χ1v) is 8.56. The van der Waals surface area contributed by atoms with Gasteiger partial charge in [0.05, 0.1) is 16.7 Å². The average molecular weight is 338 g/mol. The molecule has 0 saturated heterocycles. The van der Waals surface area contributed by atoms with E-state index in [4.69, 9.17) is 0 Å². The highest BCUT2D eigenvalue weighted by molar-refractivity contribution is 5.91. The van der Waals surface area contributed by atoms with Crippen molar-refractivity contribution in [2.75, 3.05) is 5.32 Å². The van der Waals surface area contributed by atoms with Gasteiger partial charge in [0.15, 0.2) is 0 Å². The Labute approximate surface area is 146 Å². The van der Waals surface area contributed by atoms with Gasteiger partial charge in [0, 0.05) is 25.2 Å². The smallest absolute Gasteiger partial charge is 0.250 e. The first-order valence-electron chi connectivity index (χ1n) is 8.56. The molecule has 0 saturated carbocycles. The SMILES string of the molecule is CCCn1cc(NC(=O)Cn2c(CC)nc3ccccc32)ccc1=O. The molecule has 3 aromatic rings. The van der Waals surface area contributed by atoms with Gasteiger partial charge in [-0.15, -0.1) is 0 Å². The van der Waals surface area contributed by atoms with Crippen LogP contribution in [-0.4, -0.2) is 20.0 Å². The number of nitrogens with one attached hydrogen (secondary N) is 1. The maximum atomic E-state index is 12.5. The van der Waals surface area contributed by atoms with Gasteiger partial charge >= 0.3 is 0 Å². The Morgan fingerprint density at radius 3 is 2.72 bits per heavy atom. The molecule has 1 N–H and O–H groups in total. The van der Waals surface area contributed by atoms with Gasteiger partial charge in [-0.3, -0.25) is 9.59 Å². The molecule has 0 atom stereocenters. The van der Waals surface area contributed by atoms with Gasteiger partial charge in [-0.05, 0) is 24.6 Å². The minimum atomic E-state index is -0.139. The van der Waals surface area contributed by atoms with Crippen molar-refractivity contribution in [1.82, 2.24) is 14.1 Å². The van der Waals surface area contributed by atoms with Gasteiger partial charge in [0.1, 0.15) is 12.4 Å². The zero-order valence-corrected chi connectivity index (χ0v) is 14.5. The Hall–Kier alpha value is -2.89. The highest BCUT2D eigenvalue weighted by Crippen LogP contribution is 2.16. The Morgan fingerprint density at radius 2 is 1.96 bits per heavy atom. The number of anilines is 1. The number of aromatic nitrogens is 3. The monoisotopic (exact) mass is 338 g/mol. The van der Waals surface area contributed by atoms with Crippen molar-refractivity contribution in [3.05, 3.63) is 58.8 Å². The first-order chi connectivity index (χ1) is 12.1. The van der Waals surface area contributed by atoms with Crippen LogP contribution in [0.1, 0.15) is 26.1 Å². The number of nitrogens with zero attached hydrogens (tertiary/aromatic N) is 3. The van der Waals surface area contributed by atoms with E-state index in [0.717, 1.165) is 29.7 Å². The molecule has 0 radical (unpaired) electrons. The number of imidazole rings is 1. The van der Waals surface area contributed by atoms with Gasteiger partial charge in [0.2, 0.25) is 5.91 Å². The van der Waals surface area contributed by atoms with E-state index in [-0.39, 0.29) is 18.0 Å². The lowest BCUT2D eigenvalue weighted by atomic mass is 10.3. The summed E-state index contributed by atoms with van der Waals surface area (Å²) in [5.41, 5.74) is 2.41. The largest absolute Gasteiger partial charge is 0.323 e. The number of amides is 1. The zero-order valence-electron chi connectivity index (χ0n) is 14.5. The molecule has 6 nitrogen and oxygen atoms in total. The summed E-state index contributed by atoms with van der Waals surface area (Å²) in [5, 5.41) is 2.87. The van der Waals surface area contributed by atoms with Crippen LogP contribution in [0.4, 0.5) is 5.69 Å². The van der Waals surface area contributed by atoms with E-state index in [1.807, 2.05) is 42.7 Å². The number of hydrogen-bond acceptors (Lipinski definition) is 3. The van der Waals surface area contributed by atoms with Gasteiger partial charge < -0.3 is 14.5 Å². The summed E-state index contributed by atoms with van der Waals surface area (Å²) in [6.07, 6.45) is 3.30. The summed E-state index contributed by atoms with van der Waals surface area (Å²) < 4.78 is 3.55. The van der Waals surface area contributed by atoms with Crippen molar-refractivity contribution in [2.45, 2.75) is 39.8 Å². The number of carbonyl (C=O) groups excluding carboxylic acids is 1. The minimum Gasteiger partial charge on any atom is -0.323 e. The summed E-state index contributed by atoms with van der Waals surface area (Å²) in [7, 11) is 0. The lowest BCUT2D eigenvalue weighted by Crippen LogP contribution is -2.23. The fourth-order valence-electron chi connectivity index (χ4n) is 2.94. The molecule has 0 aliphatic carbocycles. The van der Waals surface area contributed by atoms with Crippen molar-refractivity contribution in [1.29, 1.82) is 0 Å². The third-order valence-corrected chi connectivity index (χ3v) is 4.08. The number of fused-ring (bicyclic) bond motifs is 1. The topological polar surface area (TPSA) is 68.9 Å². The summed E-state index contributed by atoms with van der Waals surface area (Å²) in [6.45, 7) is 4.86. The van der Waals surface area contributed by atoms with Crippen molar-refractivity contribution in [3.63, 3.8) is 0 Å². The Balaban J connectivity index is 1.82. The van der Waals surface area contributed by atoms with Crippen molar-refractivity contribution in [2.24, 2.45) is 0 Å². The Bertz CT molecular complexity index is 955. The van der Waals surface area contributed by atoms with E-state index < -0.39 is 0 Å². The van der Waals surface area contributed by atoms with Crippen LogP contribution >= 0.6 is 0 Å². The van der Waals surface area contributed by atoms with E-state index in [0.29, 0.717) is 12.2 Å². The van der Waals surface area contributed by atoms with Crippen LogP contribution in [0.15, 0.2) is 47.4 Å². The molecule has 3 rings (SSSR count). The van der Waals surface area contributed by atoms with Crippen LogP contribution in [0.2, 0.25) is 0 Å². The number of para-hydroxylation sites is 2. The normalized spacial score (nSPS) is 11.0. The lowest BCUT2D eigenvalue weighted by Gasteiger charge is -2.11. The number of carbonyl (C=O) groups is 1. The van der Waals surface area contributed by atoms with Gasteiger partial charge in [0.25, 0.3) is 5.56 Å². The van der Waals surface area contributed by atoms with Crippen LogP contribution in [0, 0.1) is 0 Å². The maximum absolute atomic E-state index is 12.5. The van der Waals surface area contributed by atoms with Crippen LogP contribution in [0.25, 0.3) is 11.0 Å². The molecule has 0 unspecified atom stereocenters. The van der Waals surface area contributed by atoms with E-state index in [9.17, 15) is 9.59 Å². The minimum absolute atomic E-state index is 0.0614. The summed E-state index contributed by atoms with van der Waals surface area (Å²) in [4.78, 5) is 28.8. The van der Waals surface area contributed by atoms with Crippen molar-refractivity contribution in [3.8, 4) is 0 Å². The molecule has 25 heavy (non-hydrogen) atoms. The Morgan fingerprint density at radius 1 is 1.16 bits per heavy atom. The van der Waals surface area contributed by atoms with Crippen LogP contribution < -0.4 is 10.9 Å². The second-order valence-electron chi connectivity index (χ2n) is 5.95. The van der Waals surface area contributed by atoms with Crippen molar-refractivity contribution < 1.29 is 4.79 Å². The number of hydrogen-bond donors (Lipinski definition) is 1. The van der Waals surface area contributed by atoms with E-state index in [2.05, 4.69) is 10.3 Å². The Kier molecular flexibility index (Phi) is 4.97. The third-order valence-electron chi connectivity index (χ3n) is 4.08. The second kappa shape index (κ2) is 7.34. The summed E-state index contributed by atoms with van der Waals surface area (Å²) >= 11 is 0. The van der Waals surface area contributed by atoms with Crippen LogP contribution in [-0.2, 0) is 24.3 Å². The first kappa shape index (κ1) is 17.0. The highest BCUT2D eigenvalue weighted by Gasteiger charge is 2.12. The molecule has 0 aliphatic heterocycles. The summed E-state index contributed by atoms with van der Waals surface area (Å²) in [6, 6.07) is 10.9. The van der Waals surface area contributed by atoms with Crippen molar-refractivity contribution >= 4 is 22.6 Å². The molecule has 130 valence electrons. The zero-order chi connectivity index (χ0) is 17.8. The molecule has 0 bridgehead atoms. The fourth-order valence-corrected chi connectivity index (χ4v) is 2.94. The van der Waals surface area contributed by atoms with Gasteiger partial charge in [-0.25, -0.2) is 4.98 Å². The van der Waals surface area contributed by atoms with E-state index in [1.165, 1.54) is 6.07 Å². The molecule has 0 aliphatic rings. The quantitative estimate of drug-likeness (QED) is 0.751. The van der Waals surface area contributed by atoms with E-state index in [1.54, 1.807) is 16.8 Å². The third kappa shape index (κ3) is 3.63. The maximum Gasteiger partial charge on any atom is 0.250 e. The number of pyridine rings is 1. The number of benzene rings is 1. The molecule has 1 amide bonds. The van der Waals surface area contributed by atoms with Gasteiger partial charge in [-0.2, -0.15) is 0 Å². The molecule has 1 aromatic carbocycles. The molecular weight excluding hydrogens is 316 g/mol. The number of aryl methyl sites for hydroxylation is 2. The van der Waals surface area contributed by atoms with E-state index >= 15 is 0 Å². The predicted octanol–water partition coefficient (Wildman–Crippen LogP) is 2.81. The molecule has 2 aromatic heterocycles. The lowest BCUT2D eigenvalue weighted by molar-refractivity contribution is -0.116. The van der Waals surface area contributed by atoms with Crippen LogP contribution in [0.5, 0.6) is 0 Å². The molecule has 0 fully saturated rings. The molecular formula is C19H22N4O2. The predicted molar refractivity (Wildman–Crippen MR) is 98.7 cm³/mol.